The van der Waals surface area contributed by atoms with E-state index in [1.54, 1.807) is 41.9 Å². The van der Waals surface area contributed by atoms with Gasteiger partial charge in [-0.2, -0.15) is 0 Å². The quantitative estimate of drug-likeness (QED) is 0.513. The molecule has 140 valence electrons. The van der Waals surface area contributed by atoms with Gasteiger partial charge in [0.2, 0.25) is 0 Å². The Hall–Kier alpha value is -3.23. The van der Waals surface area contributed by atoms with Crippen molar-refractivity contribution in [3.8, 4) is 0 Å². The summed E-state index contributed by atoms with van der Waals surface area (Å²) in [5, 5.41) is 5.38. The number of anilines is 2. The van der Waals surface area contributed by atoms with Crippen molar-refractivity contribution in [3.05, 3.63) is 83.2 Å². The SMILES string of the molecule is O=C(Nc1ccc2ncccc2c1)c1sccc1NS(=O)(=O)c1ccccc1. The molecule has 6 nitrogen and oxygen atoms in total. The number of fused-ring (bicyclic) bond motifs is 1. The Kier molecular flexibility index (Phi) is 4.81. The largest absolute Gasteiger partial charge is 0.321 e. The van der Waals surface area contributed by atoms with Crippen LogP contribution in [-0.2, 0) is 10.0 Å². The van der Waals surface area contributed by atoms with E-state index in [1.165, 1.54) is 23.5 Å². The lowest BCUT2D eigenvalue weighted by Crippen LogP contribution is -2.17. The van der Waals surface area contributed by atoms with Crippen molar-refractivity contribution in [2.75, 3.05) is 10.0 Å². The Morgan fingerprint density at radius 3 is 2.61 bits per heavy atom. The van der Waals surface area contributed by atoms with Gasteiger partial charge in [0.1, 0.15) is 4.88 Å². The molecule has 0 unspecified atom stereocenters. The van der Waals surface area contributed by atoms with Gasteiger partial charge < -0.3 is 5.32 Å². The Labute approximate surface area is 165 Å². The van der Waals surface area contributed by atoms with Gasteiger partial charge in [-0.05, 0) is 47.8 Å². The molecule has 0 aliphatic heterocycles. The summed E-state index contributed by atoms with van der Waals surface area (Å²) in [6, 6.07) is 18.7. The minimum Gasteiger partial charge on any atom is -0.321 e. The highest BCUT2D eigenvalue weighted by atomic mass is 32.2. The average Bonchev–Trinajstić information content (AvgIpc) is 3.16. The summed E-state index contributed by atoms with van der Waals surface area (Å²) >= 11 is 1.17. The van der Waals surface area contributed by atoms with Crippen LogP contribution in [0.4, 0.5) is 11.4 Å². The van der Waals surface area contributed by atoms with Crippen LogP contribution in [0.1, 0.15) is 9.67 Å². The number of nitrogens with zero attached hydrogens (tertiary/aromatic N) is 1. The molecule has 0 aliphatic carbocycles. The molecule has 1 amide bonds. The fourth-order valence-corrected chi connectivity index (χ4v) is 4.61. The van der Waals surface area contributed by atoms with Gasteiger partial charge in [-0.25, -0.2) is 8.42 Å². The predicted molar refractivity (Wildman–Crippen MR) is 111 cm³/mol. The van der Waals surface area contributed by atoms with Gasteiger partial charge in [0, 0.05) is 17.3 Å². The fourth-order valence-electron chi connectivity index (χ4n) is 2.71. The molecule has 8 heteroatoms. The van der Waals surface area contributed by atoms with Crippen LogP contribution in [0.3, 0.4) is 0 Å². The number of benzene rings is 2. The van der Waals surface area contributed by atoms with Crippen molar-refractivity contribution in [3.63, 3.8) is 0 Å². The number of hydrogen-bond donors (Lipinski definition) is 2. The van der Waals surface area contributed by atoms with Crippen molar-refractivity contribution < 1.29 is 13.2 Å². The zero-order valence-corrected chi connectivity index (χ0v) is 16.1. The van der Waals surface area contributed by atoms with Gasteiger partial charge in [-0.1, -0.05) is 24.3 Å². The van der Waals surface area contributed by atoms with E-state index in [-0.39, 0.29) is 21.4 Å². The van der Waals surface area contributed by atoms with E-state index in [2.05, 4.69) is 15.0 Å². The van der Waals surface area contributed by atoms with E-state index in [9.17, 15) is 13.2 Å². The Bertz CT molecular complexity index is 1250. The monoisotopic (exact) mass is 409 g/mol. The first kappa shape index (κ1) is 18.1. The van der Waals surface area contributed by atoms with Gasteiger partial charge in [-0.15, -0.1) is 11.3 Å². The number of aromatic nitrogens is 1. The summed E-state index contributed by atoms with van der Waals surface area (Å²) in [5.41, 5.74) is 1.68. The lowest BCUT2D eigenvalue weighted by molar-refractivity contribution is 0.103. The second kappa shape index (κ2) is 7.41. The van der Waals surface area contributed by atoms with Crippen LogP contribution in [0.2, 0.25) is 0 Å². The molecule has 0 aliphatic rings. The molecule has 4 aromatic rings. The lowest BCUT2D eigenvalue weighted by atomic mass is 10.2. The Morgan fingerprint density at radius 2 is 1.79 bits per heavy atom. The molecule has 2 N–H and O–H groups in total. The number of thiophene rings is 1. The molecule has 28 heavy (non-hydrogen) atoms. The maximum absolute atomic E-state index is 12.7. The minimum absolute atomic E-state index is 0.134. The van der Waals surface area contributed by atoms with Crippen molar-refractivity contribution in [1.29, 1.82) is 0 Å². The van der Waals surface area contributed by atoms with Crippen molar-refractivity contribution in [1.82, 2.24) is 4.98 Å². The molecule has 0 spiro atoms. The number of hydrogen-bond acceptors (Lipinski definition) is 5. The molecule has 4 rings (SSSR count). The first-order valence-electron chi connectivity index (χ1n) is 8.34. The first-order valence-corrected chi connectivity index (χ1v) is 10.7. The van der Waals surface area contributed by atoms with Crippen molar-refractivity contribution >= 4 is 49.5 Å². The summed E-state index contributed by atoms with van der Waals surface area (Å²) < 4.78 is 27.6. The molecule has 2 aromatic carbocycles. The second-order valence-corrected chi connectivity index (χ2v) is 8.55. The van der Waals surface area contributed by atoms with Gasteiger partial charge in [0.15, 0.2) is 0 Å². The second-order valence-electron chi connectivity index (χ2n) is 5.95. The molecule has 2 heterocycles. The molecule has 0 bridgehead atoms. The fraction of sp³-hybridized carbons (Fsp3) is 0. The van der Waals surface area contributed by atoms with Crippen LogP contribution in [0.15, 0.2) is 83.2 Å². The molecule has 2 aromatic heterocycles. The third-order valence-electron chi connectivity index (χ3n) is 4.03. The normalized spacial score (nSPS) is 11.3. The Balaban J connectivity index is 1.57. The van der Waals surface area contributed by atoms with Crippen LogP contribution in [-0.4, -0.2) is 19.3 Å². The van der Waals surface area contributed by atoms with Crippen LogP contribution in [0, 0.1) is 0 Å². The minimum atomic E-state index is -3.77. The van der Waals surface area contributed by atoms with Gasteiger partial charge in [-0.3, -0.25) is 14.5 Å². The topological polar surface area (TPSA) is 88.2 Å². The number of carbonyl (C=O) groups excluding carboxylic acids is 1. The molecule has 0 saturated heterocycles. The van der Waals surface area contributed by atoms with E-state index >= 15 is 0 Å². The van der Waals surface area contributed by atoms with Crippen molar-refractivity contribution in [2.45, 2.75) is 4.90 Å². The van der Waals surface area contributed by atoms with Crippen molar-refractivity contribution in [2.24, 2.45) is 0 Å². The molecule has 0 radical (unpaired) electrons. The summed E-state index contributed by atoms with van der Waals surface area (Å²) in [6.45, 7) is 0. The third-order valence-corrected chi connectivity index (χ3v) is 6.32. The molecule has 0 fully saturated rings. The highest BCUT2D eigenvalue weighted by Crippen LogP contribution is 2.27. The van der Waals surface area contributed by atoms with Gasteiger partial charge in [0.25, 0.3) is 15.9 Å². The van der Waals surface area contributed by atoms with E-state index in [4.69, 9.17) is 0 Å². The molecular formula is C20H15N3O3S2. The van der Waals surface area contributed by atoms with Crippen LogP contribution in [0.25, 0.3) is 10.9 Å². The summed E-state index contributed by atoms with van der Waals surface area (Å²) in [4.78, 5) is 17.4. The van der Waals surface area contributed by atoms with E-state index in [1.807, 2.05) is 24.3 Å². The number of rotatable bonds is 5. The molecule has 0 saturated carbocycles. The average molecular weight is 409 g/mol. The molecular weight excluding hydrogens is 394 g/mol. The van der Waals surface area contributed by atoms with Crippen LogP contribution < -0.4 is 10.0 Å². The van der Waals surface area contributed by atoms with Crippen LogP contribution in [0.5, 0.6) is 0 Å². The lowest BCUT2D eigenvalue weighted by Gasteiger charge is -2.10. The number of amides is 1. The zero-order chi connectivity index (χ0) is 19.6. The summed E-state index contributed by atoms with van der Waals surface area (Å²) in [5.74, 6) is -0.385. The van der Waals surface area contributed by atoms with E-state index in [0.29, 0.717) is 5.69 Å². The highest BCUT2D eigenvalue weighted by Gasteiger charge is 2.20. The maximum atomic E-state index is 12.7. The predicted octanol–water partition coefficient (Wildman–Crippen LogP) is 4.35. The number of pyridine rings is 1. The maximum Gasteiger partial charge on any atom is 0.267 e. The molecule has 0 atom stereocenters. The highest BCUT2D eigenvalue weighted by molar-refractivity contribution is 7.92. The first-order chi connectivity index (χ1) is 13.5. The third kappa shape index (κ3) is 3.73. The van der Waals surface area contributed by atoms with E-state index < -0.39 is 10.0 Å². The summed E-state index contributed by atoms with van der Waals surface area (Å²) in [7, 11) is -3.77. The van der Waals surface area contributed by atoms with Crippen LogP contribution >= 0.6 is 11.3 Å². The number of carbonyl (C=O) groups is 1. The summed E-state index contributed by atoms with van der Waals surface area (Å²) in [6.07, 6.45) is 1.71. The number of nitrogens with one attached hydrogen (secondary N) is 2. The zero-order valence-electron chi connectivity index (χ0n) is 14.5. The van der Waals surface area contributed by atoms with E-state index in [0.717, 1.165) is 10.9 Å². The Morgan fingerprint density at radius 1 is 0.964 bits per heavy atom. The van der Waals surface area contributed by atoms with Gasteiger partial charge >= 0.3 is 0 Å². The number of sulfonamides is 1. The standard InChI is InChI=1S/C20H15N3O3S2/c24-20(22-15-8-9-17-14(13-15)5-4-11-21-17)19-18(10-12-27-19)23-28(25,26)16-6-2-1-3-7-16/h1-13,23H,(H,22,24). The smallest absolute Gasteiger partial charge is 0.267 e. The van der Waals surface area contributed by atoms with Gasteiger partial charge in [0.05, 0.1) is 16.1 Å².